The van der Waals surface area contributed by atoms with E-state index in [0.717, 1.165) is 18.7 Å². The zero-order valence-corrected chi connectivity index (χ0v) is 17.8. The number of carboxylic acids is 1. The summed E-state index contributed by atoms with van der Waals surface area (Å²) in [5, 5.41) is 19.9. The molecule has 3 rings (SSSR count). The molecule has 0 atom stereocenters. The van der Waals surface area contributed by atoms with Gasteiger partial charge in [-0.3, -0.25) is 4.98 Å². The molecule has 27 heavy (non-hydrogen) atoms. The number of esters is 1. The minimum absolute atomic E-state index is 0. The Morgan fingerprint density at radius 1 is 1.15 bits per heavy atom. The molecular weight excluding hydrogens is 380 g/mol. The summed E-state index contributed by atoms with van der Waals surface area (Å²) in [6, 6.07) is 8.55. The first-order chi connectivity index (χ1) is 12.4. The largest absolute Gasteiger partial charge is 1.00 e. The van der Waals surface area contributed by atoms with Crippen molar-refractivity contribution in [3.05, 3.63) is 70.7 Å². The zero-order valence-electron chi connectivity index (χ0n) is 15.7. The van der Waals surface area contributed by atoms with E-state index in [1.807, 2.05) is 0 Å². The monoisotopic (exact) mass is 395 g/mol. The molecule has 0 unspecified atom stereocenters. The Kier molecular flexibility index (Phi) is 7.07. The molecule has 0 amide bonds. The molecule has 0 saturated heterocycles. The number of nitrogens with zero attached hydrogens (tertiary/aromatic N) is 1. The van der Waals surface area contributed by atoms with Gasteiger partial charge >= 0.3 is 63.3 Å². The van der Waals surface area contributed by atoms with Crippen LogP contribution in [0.3, 0.4) is 0 Å². The van der Waals surface area contributed by atoms with Crippen molar-refractivity contribution in [3.8, 4) is 5.75 Å². The van der Waals surface area contributed by atoms with Crippen molar-refractivity contribution in [2.75, 3.05) is 7.11 Å². The summed E-state index contributed by atoms with van der Waals surface area (Å²) in [5.41, 5.74) is 1.05. The van der Waals surface area contributed by atoms with Crippen LogP contribution in [0.4, 0.5) is 4.39 Å². The molecule has 6 nitrogen and oxygen atoms in total. The molecule has 0 bridgehead atoms. The number of ether oxygens (including phenoxy) is 1. The standard InChI is InChI=1S/C19H14FNO5.K.H/c1-26-19(25)15-8-14(18(23)24)13-7-11(9-21-16(13)17(15)22)6-10-2-4-12(20)5-3-10;;/h2-5,7-9,22H,6H2,1H3,(H,23,24);;/q;+1;-1. The molecule has 1 aromatic heterocycles. The van der Waals surface area contributed by atoms with Crippen LogP contribution in [-0.4, -0.2) is 34.2 Å². The molecule has 0 aliphatic carbocycles. The van der Waals surface area contributed by atoms with E-state index >= 15 is 0 Å². The maximum Gasteiger partial charge on any atom is 1.00 e. The summed E-state index contributed by atoms with van der Waals surface area (Å²) >= 11 is 0. The maximum absolute atomic E-state index is 13.0. The molecule has 2 aromatic carbocycles. The number of aromatic carboxylic acids is 1. The van der Waals surface area contributed by atoms with Gasteiger partial charge in [0.2, 0.25) is 0 Å². The van der Waals surface area contributed by atoms with Crippen molar-refractivity contribution in [2.45, 2.75) is 6.42 Å². The minimum Gasteiger partial charge on any atom is -1.00 e. The number of carboxylic acid groups (broad SMARTS) is 1. The fraction of sp³-hybridized carbons (Fsp3) is 0.105. The van der Waals surface area contributed by atoms with Crippen LogP contribution in [0.15, 0.2) is 42.6 Å². The molecule has 8 heteroatoms. The average Bonchev–Trinajstić information content (AvgIpc) is 2.63. The summed E-state index contributed by atoms with van der Waals surface area (Å²) in [6.07, 6.45) is 1.87. The van der Waals surface area contributed by atoms with Gasteiger partial charge < -0.3 is 16.4 Å². The Balaban J connectivity index is 0.00000196. The summed E-state index contributed by atoms with van der Waals surface area (Å²) in [7, 11) is 1.13. The van der Waals surface area contributed by atoms with E-state index in [0.29, 0.717) is 12.0 Å². The molecule has 134 valence electrons. The Hall–Kier alpha value is -1.84. The number of aromatic nitrogens is 1. The Morgan fingerprint density at radius 2 is 1.81 bits per heavy atom. The van der Waals surface area contributed by atoms with Gasteiger partial charge in [0.1, 0.15) is 16.9 Å². The maximum atomic E-state index is 13.0. The van der Waals surface area contributed by atoms with Crippen LogP contribution in [-0.2, 0) is 11.2 Å². The normalized spacial score (nSPS) is 10.3. The quantitative estimate of drug-likeness (QED) is 0.486. The molecular formula is C19H15FKNO5. The first-order valence-corrected chi connectivity index (χ1v) is 7.61. The van der Waals surface area contributed by atoms with Gasteiger partial charge in [-0.1, -0.05) is 12.1 Å². The van der Waals surface area contributed by atoms with E-state index in [2.05, 4.69) is 9.72 Å². The molecule has 1 heterocycles. The second-order valence-electron chi connectivity index (χ2n) is 5.66. The number of aromatic hydroxyl groups is 1. The average molecular weight is 395 g/mol. The SMILES string of the molecule is COC(=O)c1cc(C(=O)O)c2cc(Cc3ccc(F)cc3)cnc2c1O.[H-].[K+]. The second-order valence-corrected chi connectivity index (χ2v) is 5.66. The van der Waals surface area contributed by atoms with Crippen LogP contribution in [0, 0.1) is 5.82 Å². The van der Waals surface area contributed by atoms with Crippen LogP contribution >= 0.6 is 0 Å². The first-order valence-electron chi connectivity index (χ1n) is 7.61. The van der Waals surface area contributed by atoms with Crippen molar-refractivity contribution in [1.29, 1.82) is 0 Å². The predicted molar refractivity (Wildman–Crippen MR) is 92.0 cm³/mol. The summed E-state index contributed by atoms with van der Waals surface area (Å²) in [4.78, 5) is 27.5. The van der Waals surface area contributed by atoms with Gasteiger partial charge in [-0.05, 0) is 41.8 Å². The number of carbonyl (C=O) groups excluding carboxylic acids is 1. The van der Waals surface area contributed by atoms with Crippen molar-refractivity contribution < 1.29 is 81.7 Å². The predicted octanol–water partition coefficient (Wildman–Crippen LogP) is 0.272. The number of benzene rings is 2. The van der Waals surface area contributed by atoms with Gasteiger partial charge in [0, 0.05) is 11.6 Å². The summed E-state index contributed by atoms with van der Waals surface area (Å²) in [5.74, 6) is -2.91. The van der Waals surface area contributed by atoms with Crippen LogP contribution in [0.2, 0.25) is 0 Å². The van der Waals surface area contributed by atoms with Crippen LogP contribution in [0.1, 0.15) is 33.3 Å². The van der Waals surface area contributed by atoms with Gasteiger partial charge in [0.25, 0.3) is 0 Å². The van der Waals surface area contributed by atoms with Crippen LogP contribution in [0.25, 0.3) is 10.9 Å². The van der Waals surface area contributed by atoms with E-state index in [-0.39, 0.29) is 80.7 Å². The topological polar surface area (TPSA) is 96.7 Å². The molecule has 3 aromatic rings. The van der Waals surface area contributed by atoms with E-state index in [9.17, 15) is 24.2 Å². The number of fused-ring (bicyclic) bond motifs is 1. The third-order valence-corrected chi connectivity index (χ3v) is 3.96. The number of pyridine rings is 1. The number of rotatable bonds is 4. The van der Waals surface area contributed by atoms with Gasteiger partial charge in [-0.25, -0.2) is 14.0 Å². The van der Waals surface area contributed by atoms with E-state index in [4.69, 9.17) is 0 Å². The fourth-order valence-corrected chi connectivity index (χ4v) is 2.70. The molecule has 0 aliphatic rings. The number of phenolic OH excluding ortho intramolecular Hbond substituents is 1. The molecule has 0 radical (unpaired) electrons. The fourth-order valence-electron chi connectivity index (χ4n) is 2.70. The van der Waals surface area contributed by atoms with E-state index in [1.165, 1.54) is 18.3 Å². The summed E-state index contributed by atoms with van der Waals surface area (Å²) < 4.78 is 17.6. The van der Waals surface area contributed by atoms with Crippen LogP contribution < -0.4 is 51.4 Å². The number of halogens is 1. The second kappa shape index (κ2) is 8.90. The Labute approximate surface area is 197 Å². The smallest absolute Gasteiger partial charge is 1.00 e. The Bertz CT molecular complexity index is 1030. The van der Waals surface area contributed by atoms with Crippen molar-refractivity contribution in [2.24, 2.45) is 0 Å². The Morgan fingerprint density at radius 3 is 2.41 bits per heavy atom. The van der Waals surface area contributed by atoms with Gasteiger partial charge in [0.15, 0.2) is 5.75 Å². The van der Waals surface area contributed by atoms with Gasteiger partial charge in [-0.2, -0.15) is 0 Å². The number of hydrogen-bond acceptors (Lipinski definition) is 5. The van der Waals surface area contributed by atoms with Crippen molar-refractivity contribution in [1.82, 2.24) is 4.98 Å². The summed E-state index contributed by atoms with van der Waals surface area (Å²) in [6.45, 7) is 0. The number of methoxy groups -OCH3 is 1. The number of hydrogen-bond donors (Lipinski definition) is 2. The minimum atomic E-state index is -1.26. The van der Waals surface area contributed by atoms with E-state index in [1.54, 1.807) is 18.2 Å². The van der Waals surface area contributed by atoms with Gasteiger partial charge in [-0.15, -0.1) is 0 Å². The number of phenols is 1. The molecule has 2 N–H and O–H groups in total. The third-order valence-electron chi connectivity index (χ3n) is 3.96. The van der Waals surface area contributed by atoms with Gasteiger partial charge in [0.05, 0.1) is 12.7 Å². The zero-order chi connectivity index (χ0) is 18.8. The van der Waals surface area contributed by atoms with E-state index < -0.39 is 17.7 Å². The van der Waals surface area contributed by atoms with Crippen LogP contribution in [0.5, 0.6) is 5.75 Å². The molecule has 0 aliphatic heterocycles. The van der Waals surface area contributed by atoms with Crippen molar-refractivity contribution in [3.63, 3.8) is 0 Å². The molecule has 0 fully saturated rings. The molecule has 0 saturated carbocycles. The number of carbonyl (C=O) groups is 2. The third kappa shape index (κ3) is 4.53. The molecule has 0 spiro atoms. The van der Waals surface area contributed by atoms with Crippen molar-refractivity contribution >= 4 is 22.8 Å². The first kappa shape index (κ1) is 21.5.